The highest BCUT2D eigenvalue weighted by atomic mass is 15.3. The first-order chi connectivity index (χ1) is 9.11. The lowest BCUT2D eigenvalue weighted by Crippen LogP contribution is -2.22. The number of nitrogens with zero attached hydrogens (tertiary/aromatic N) is 2. The molecule has 0 heterocycles. The number of rotatable bonds is 5. The van der Waals surface area contributed by atoms with Gasteiger partial charge in [0, 0.05) is 6.04 Å². The van der Waals surface area contributed by atoms with Crippen molar-refractivity contribution in [3.05, 3.63) is 23.8 Å². The first kappa shape index (κ1) is 12.9. The number of para-hydroxylation sites is 1. The lowest BCUT2D eigenvalue weighted by atomic mass is 10.1. The van der Waals surface area contributed by atoms with Gasteiger partial charge in [-0.2, -0.15) is 10.4 Å². The van der Waals surface area contributed by atoms with E-state index in [2.05, 4.69) is 15.8 Å². The molecule has 1 fully saturated rings. The van der Waals surface area contributed by atoms with E-state index < -0.39 is 0 Å². The van der Waals surface area contributed by atoms with Crippen molar-refractivity contribution >= 4 is 22.9 Å². The van der Waals surface area contributed by atoms with Gasteiger partial charge in [-0.05, 0) is 31.4 Å². The second-order valence-corrected chi connectivity index (χ2v) is 4.51. The molecule has 0 bridgehead atoms. The molecule has 2 rings (SSSR count). The zero-order valence-electron chi connectivity index (χ0n) is 10.7. The lowest BCUT2D eigenvalue weighted by molar-refractivity contribution is 1.14. The number of anilines is 2. The van der Waals surface area contributed by atoms with E-state index in [1.165, 1.54) is 12.8 Å². The zero-order chi connectivity index (χ0) is 13.8. The maximum absolute atomic E-state index is 8.80. The predicted octanol–water partition coefficient (Wildman–Crippen LogP) is 1.80. The third-order valence-electron chi connectivity index (χ3n) is 2.85. The molecular weight excluding hydrogens is 240 g/mol. The van der Waals surface area contributed by atoms with Gasteiger partial charge in [0.05, 0.1) is 11.4 Å². The second kappa shape index (κ2) is 5.40. The van der Waals surface area contributed by atoms with Gasteiger partial charge in [0.25, 0.3) is 0 Å². The van der Waals surface area contributed by atoms with Crippen LogP contribution in [0.3, 0.4) is 0 Å². The van der Waals surface area contributed by atoms with Crippen LogP contribution in [0.4, 0.5) is 11.4 Å². The fourth-order valence-corrected chi connectivity index (χ4v) is 1.65. The molecule has 0 spiro atoms. The number of benzene rings is 1. The number of aryl methyl sites for hydroxylation is 1. The molecule has 6 heteroatoms. The Hall–Kier alpha value is -2.55. The van der Waals surface area contributed by atoms with E-state index in [4.69, 9.17) is 16.4 Å². The molecule has 1 aromatic rings. The van der Waals surface area contributed by atoms with E-state index in [9.17, 15) is 0 Å². The van der Waals surface area contributed by atoms with E-state index in [-0.39, 0.29) is 11.5 Å². The summed E-state index contributed by atoms with van der Waals surface area (Å²) in [6, 6.07) is 8.09. The Bertz CT molecular complexity index is 565. The number of hydrogen-bond acceptors (Lipinski definition) is 5. The summed E-state index contributed by atoms with van der Waals surface area (Å²) >= 11 is 0. The summed E-state index contributed by atoms with van der Waals surface area (Å²) in [7, 11) is 0. The van der Waals surface area contributed by atoms with Crippen LogP contribution in [0.25, 0.3) is 0 Å². The van der Waals surface area contributed by atoms with Gasteiger partial charge in [-0.15, -0.1) is 0 Å². The van der Waals surface area contributed by atoms with Crippen LogP contribution in [0.2, 0.25) is 0 Å². The topological polar surface area (TPSA) is 110 Å². The average Bonchev–Trinajstić information content (AvgIpc) is 3.17. The molecular formula is C13H16N6. The van der Waals surface area contributed by atoms with Gasteiger partial charge in [0.15, 0.2) is 5.84 Å². The van der Waals surface area contributed by atoms with Crippen LogP contribution in [0.5, 0.6) is 0 Å². The van der Waals surface area contributed by atoms with Crippen molar-refractivity contribution in [3.8, 4) is 6.07 Å². The van der Waals surface area contributed by atoms with E-state index in [1.54, 1.807) is 6.07 Å². The highest BCUT2D eigenvalue weighted by molar-refractivity contribution is 6.45. The number of amidine groups is 1. The van der Waals surface area contributed by atoms with Crippen LogP contribution >= 0.6 is 0 Å². The standard InChI is InChI=1S/C13H16N6/c1-8-3-2-4-10(12(8)17-9-5-6-9)18-19-11(7-14)13(15)16/h2-4,9,17-18H,5-6H2,1H3,(H3,15,16)/b19-11+. The molecule has 1 aliphatic carbocycles. The van der Waals surface area contributed by atoms with Gasteiger partial charge in [0.2, 0.25) is 5.71 Å². The third kappa shape index (κ3) is 3.22. The van der Waals surface area contributed by atoms with Gasteiger partial charge in [-0.3, -0.25) is 10.8 Å². The molecule has 6 nitrogen and oxygen atoms in total. The summed E-state index contributed by atoms with van der Waals surface area (Å²) in [5, 5.41) is 23.3. The quantitative estimate of drug-likeness (QED) is 0.365. The monoisotopic (exact) mass is 256 g/mol. The smallest absolute Gasteiger partial charge is 0.201 e. The molecule has 1 aromatic carbocycles. The molecule has 0 aromatic heterocycles. The summed E-state index contributed by atoms with van der Waals surface area (Å²) < 4.78 is 0. The van der Waals surface area contributed by atoms with Gasteiger partial charge >= 0.3 is 0 Å². The summed E-state index contributed by atoms with van der Waals surface area (Å²) in [6.45, 7) is 2.01. The Kier molecular flexibility index (Phi) is 3.66. The maximum atomic E-state index is 8.80. The van der Waals surface area contributed by atoms with Crippen molar-refractivity contribution in [2.45, 2.75) is 25.8 Å². The van der Waals surface area contributed by atoms with Crippen molar-refractivity contribution in [2.75, 3.05) is 10.7 Å². The van der Waals surface area contributed by atoms with Crippen molar-refractivity contribution in [3.63, 3.8) is 0 Å². The minimum Gasteiger partial charge on any atom is -0.382 e. The molecule has 5 N–H and O–H groups in total. The molecule has 0 atom stereocenters. The SMILES string of the molecule is Cc1cccc(N/N=C(\C#N)C(=N)N)c1NC1CC1. The molecule has 0 amide bonds. The van der Waals surface area contributed by atoms with Crippen LogP contribution < -0.4 is 16.5 Å². The normalized spacial score (nSPS) is 14.6. The Labute approximate surface area is 111 Å². The maximum Gasteiger partial charge on any atom is 0.201 e. The van der Waals surface area contributed by atoms with Crippen LogP contribution in [0.1, 0.15) is 18.4 Å². The van der Waals surface area contributed by atoms with E-state index in [1.807, 2.05) is 25.1 Å². The van der Waals surface area contributed by atoms with Crippen molar-refractivity contribution in [1.29, 1.82) is 10.7 Å². The molecule has 0 saturated heterocycles. The second-order valence-electron chi connectivity index (χ2n) is 4.51. The average molecular weight is 256 g/mol. The first-order valence-electron chi connectivity index (χ1n) is 6.06. The Balaban J connectivity index is 2.22. The minimum atomic E-state index is -0.348. The number of hydrogen-bond donors (Lipinski definition) is 4. The van der Waals surface area contributed by atoms with Crippen LogP contribution in [0.15, 0.2) is 23.3 Å². The number of hydrazone groups is 1. The Morgan fingerprint density at radius 1 is 1.53 bits per heavy atom. The lowest BCUT2D eigenvalue weighted by Gasteiger charge is -2.13. The molecule has 1 saturated carbocycles. The fourth-order valence-electron chi connectivity index (χ4n) is 1.65. The number of nitrogens with one attached hydrogen (secondary N) is 3. The molecule has 1 aliphatic rings. The highest BCUT2D eigenvalue weighted by Crippen LogP contribution is 2.32. The van der Waals surface area contributed by atoms with Gasteiger partial charge < -0.3 is 11.1 Å². The number of nitriles is 1. The van der Waals surface area contributed by atoms with Crippen molar-refractivity contribution in [1.82, 2.24) is 0 Å². The molecule has 19 heavy (non-hydrogen) atoms. The number of nitrogens with two attached hydrogens (primary N) is 1. The molecule has 0 aliphatic heterocycles. The van der Waals surface area contributed by atoms with Crippen LogP contribution in [-0.2, 0) is 0 Å². The van der Waals surface area contributed by atoms with Crippen LogP contribution in [0, 0.1) is 23.7 Å². The van der Waals surface area contributed by atoms with E-state index in [0.717, 1.165) is 16.9 Å². The Morgan fingerprint density at radius 2 is 2.26 bits per heavy atom. The largest absolute Gasteiger partial charge is 0.382 e. The minimum absolute atomic E-state index is 0.126. The van der Waals surface area contributed by atoms with Crippen molar-refractivity contribution < 1.29 is 0 Å². The van der Waals surface area contributed by atoms with Gasteiger partial charge in [0.1, 0.15) is 6.07 Å². The summed E-state index contributed by atoms with van der Waals surface area (Å²) in [5.74, 6) is -0.348. The van der Waals surface area contributed by atoms with Crippen LogP contribution in [-0.4, -0.2) is 17.6 Å². The fraction of sp³-hybridized carbons (Fsp3) is 0.308. The van der Waals surface area contributed by atoms with Gasteiger partial charge in [-0.1, -0.05) is 12.1 Å². The first-order valence-corrected chi connectivity index (χ1v) is 6.06. The highest BCUT2D eigenvalue weighted by Gasteiger charge is 2.22. The zero-order valence-corrected chi connectivity index (χ0v) is 10.7. The molecule has 98 valence electrons. The summed E-state index contributed by atoms with van der Waals surface area (Å²) in [6.07, 6.45) is 2.35. The Morgan fingerprint density at radius 3 is 2.84 bits per heavy atom. The summed E-state index contributed by atoms with van der Waals surface area (Å²) in [4.78, 5) is 0. The summed E-state index contributed by atoms with van der Waals surface area (Å²) in [5.41, 5.74) is 10.8. The van der Waals surface area contributed by atoms with Gasteiger partial charge in [-0.25, -0.2) is 0 Å². The third-order valence-corrected chi connectivity index (χ3v) is 2.85. The van der Waals surface area contributed by atoms with E-state index >= 15 is 0 Å². The van der Waals surface area contributed by atoms with E-state index in [0.29, 0.717) is 6.04 Å². The molecule has 0 radical (unpaired) electrons. The van der Waals surface area contributed by atoms with Crippen molar-refractivity contribution in [2.24, 2.45) is 10.8 Å². The molecule has 0 unspecified atom stereocenters. The predicted molar refractivity (Wildman–Crippen MR) is 76.4 cm³/mol.